The summed E-state index contributed by atoms with van der Waals surface area (Å²) in [5, 5.41) is 1.59. The number of rotatable bonds is 8. The molecule has 0 radical (unpaired) electrons. The third kappa shape index (κ3) is 5.55. The molecule has 0 atom stereocenters. The number of aromatic nitrogens is 3. The van der Waals surface area contributed by atoms with Crippen molar-refractivity contribution in [1.29, 1.82) is 0 Å². The van der Waals surface area contributed by atoms with Crippen molar-refractivity contribution in [2.24, 2.45) is 7.05 Å². The van der Waals surface area contributed by atoms with E-state index in [1.54, 1.807) is 37.0 Å². The minimum atomic E-state index is -3.47. The number of ether oxygens (including phenoxy) is 1. The van der Waals surface area contributed by atoms with Gasteiger partial charge in [-0.05, 0) is 64.8 Å². The third-order valence-electron chi connectivity index (χ3n) is 6.25. The molecule has 0 spiro atoms. The third-order valence-corrected chi connectivity index (χ3v) is 8.55. The summed E-state index contributed by atoms with van der Waals surface area (Å²) in [4.78, 5) is 25.2. The first kappa shape index (κ1) is 27.2. The number of halogens is 1. The van der Waals surface area contributed by atoms with Gasteiger partial charge in [-0.25, -0.2) is 12.4 Å². The van der Waals surface area contributed by atoms with Crippen LogP contribution in [-0.4, -0.2) is 38.8 Å². The minimum Gasteiger partial charge on any atom is -0.460 e. The predicted octanol–water partition coefficient (Wildman–Crippen LogP) is 5.43. The van der Waals surface area contributed by atoms with Gasteiger partial charge in [0.2, 0.25) is 10.0 Å². The Morgan fingerprint density at radius 3 is 2.49 bits per heavy atom. The zero-order valence-corrected chi connectivity index (χ0v) is 24.1. The summed E-state index contributed by atoms with van der Waals surface area (Å²) in [6.07, 6.45) is 6.94. The maximum atomic E-state index is 13.1. The first-order valence-electron chi connectivity index (χ1n) is 12.3. The van der Waals surface area contributed by atoms with Crippen molar-refractivity contribution in [2.45, 2.75) is 59.1 Å². The van der Waals surface area contributed by atoms with E-state index in [9.17, 15) is 18.0 Å². The smallest absolute Gasteiger partial charge is 0.306 e. The highest BCUT2D eigenvalue weighted by atomic mass is 79.9. The molecule has 0 aliphatic heterocycles. The van der Waals surface area contributed by atoms with Crippen molar-refractivity contribution in [2.75, 3.05) is 5.75 Å². The summed E-state index contributed by atoms with van der Waals surface area (Å²) in [6.45, 7) is 7.75. The summed E-state index contributed by atoms with van der Waals surface area (Å²) in [5.41, 5.74) is 2.15. The second-order valence-electron chi connectivity index (χ2n) is 10.2. The SMILES string of the molecule is CCS(=O)(=O)n1ccc2cc(Br)c(-c3cn(C)c(=O)c4c3ccn4CCCCC(=O)OC(C)(C)C)cc21. The second-order valence-corrected chi connectivity index (χ2v) is 13.2. The van der Waals surface area contributed by atoms with Gasteiger partial charge >= 0.3 is 5.97 Å². The Kier molecular flexibility index (Phi) is 7.45. The molecule has 198 valence electrons. The number of unbranched alkanes of at least 4 members (excludes halogenated alkanes) is 1. The first-order chi connectivity index (χ1) is 17.3. The van der Waals surface area contributed by atoms with E-state index >= 15 is 0 Å². The lowest BCUT2D eigenvalue weighted by Crippen LogP contribution is -2.23. The zero-order chi connectivity index (χ0) is 27.1. The summed E-state index contributed by atoms with van der Waals surface area (Å²) in [6, 6.07) is 7.45. The largest absolute Gasteiger partial charge is 0.460 e. The Morgan fingerprint density at radius 1 is 1.08 bits per heavy atom. The lowest BCUT2D eigenvalue weighted by molar-refractivity contribution is -0.154. The number of aryl methyl sites for hydroxylation is 2. The van der Waals surface area contributed by atoms with Gasteiger partial charge in [-0.1, -0.05) is 15.9 Å². The number of carbonyl (C=O) groups excluding carboxylic acids is 1. The van der Waals surface area contributed by atoms with Crippen LogP contribution in [0.4, 0.5) is 0 Å². The van der Waals surface area contributed by atoms with Crippen molar-refractivity contribution in [1.82, 2.24) is 13.1 Å². The molecule has 0 N–H and O–H groups in total. The van der Waals surface area contributed by atoms with Crippen molar-refractivity contribution in [3.8, 4) is 11.1 Å². The molecule has 10 heteroatoms. The van der Waals surface area contributed by atoms with Crippen LogP contribution in [0.15, 0.2) is 52.1 Å². The summed E-state index contributed by atoms with van der Waals surface area (Å²) in [7, 11) is -1.76. The normalized spacial score (nSPS) is 12.5. The van der Waals surface area contributed by atoms with Crippen molar-refractivity contribution < 1.29 is 17.9 Å². The maximum Gasteiger partial charge on any atom is 0.306 e. The van der Waals surface area contributed by atoms with Crippen LogP contribution in [0.5, 0.6) is 0 Å². The quantitative estimate of drug-likeness (QED) is 0.202. The monoisotopic (exact) mass is 589 g/mol. The number of nitrogens with zero attached hydrogens (tertiary/aromatic N) is 3. The first-order valence-corrected chi connectivity index (χ1v) is 14.7. The van der Waals surface area contributed by atoms with Gasteiger partial charge in [0.05, 0.1) is 11.3 Å². The number of hydrogen-bond acceptors (Lipinski definition) is 5. The van der Waals surface area contributed by atoms with Crippen molar-refractivity contribution in [3.05, 3.63) is 57.7 Å². The van der Waals surface area contributed by atoms with Crippen LogP contribution in [-0.2, 0) is 33.1 Å². The Morgan fingerprint density at radius 2 is 1.81 bits per heavy atom. The van der Waals surface area contributed by atoms with E-state index in [4.69, 9.17) is 4.74 Å². The van der Waals surface area contributed by atoms with Crippen LogP contribution in [0, 0.1) is 0 Å². The van der Waals surface area contributed by atoms with Gasteiger partial charge in [-0.2, -0.15) is 0 Å². The zero-order valence-electron chi connectivity index (χ0n) is 21.7. The van der Waals surface area contributed by atoms with E-state index in [2.05, 4.69) is 15.9 Å². The summed E-state index contributed by atoms with van der Waals surface area (Å²) in [5.74, 6) is -0.235. The van der Waals surface area contributed by atoms with Crippen LogP contribution < -0.4 is 5.56 Å². The lowest BCUT2D eigenvalue weighted by Gasteiger charge is -2.19. The highest BCUT2D eigenvalue weighted by molar-refractivity contribution is 9.10. The van der Waals surface area contributed by atoms with E-state index in [0.29, 0.717) is 36.8 Å². The van der Waals surface area contributed by atoms with Gasteiger partial charge in [0, 0.05) is 65.0 Å². The number of fused-ring (bicyclic) bond motifs is 2. The molecule has 0 aliphatic rings. The van der Waals surface area contributed by atoms with Gasteiger partial charge in [0.25, 0.3) is 5.56 Å². The number of benzene rings is 1. The topological polar surface area (TPSA) is 92.3 Å². The Balaban J connectivity index is 1.70. The Labute approximate surface area is 225 Å². The molecular weight excluding hydrogens is 558 g/mol. The molecule has 8 nitrogen and oxygen atoms in total. The molecule has 0 bridgehead atoms. The van der Waals surface area contributed by atoms with Gasteiger partial charge in [0.1, 0.15) is 11.1 Å². The number of hydrogen-bond donors (Lipinski definition) is 0. The van der Waals surface area contributed by atoms with Gasteiger partial charge in [0.15, 0.2) is 0 Å². The summed E-state index contributed by atoms with van der Waals surface area (Å²) >= 11 is 3.66. The molecule has 37 heavy (non-hydrogen) atoms. The van der Waals surface area contributed by atoms with E-state index in [-0.39, 0.29) is 17.3 Å². The average Bonchev–Trinajstić information content (AvgIpc) is 3.42. The highest BCUT2D eigenvalue weighted by Gasteiger charge is 2.20. The van der Waals surface area contributed by atoms with Crippen molar-refractivity contribution in [3.63, 3.8) is 0 Å². The average molecular weight is 591 g/mol. The van der Waals surface area contributed by atoms with Crippen LogP contribution in [0.25, 0.3) is 32.9 Å². The van der Waals surface area contributed by atoms with Crippen LogP contribution in [0.2, 0.25) is 0 Å². The maximum absolute atomic E-state index is 13.1. The standard InChI is InChI=1S/C27H32BrN3O5S/c1-6-37(34,35)31-14-10-18-15-22(28)20(16-23(18)31)21-17-29(5)26(33)25-19(21)11-13-30(25)12-8-7-9-24(32)36-27(2,3)4/h10-11,13-17H,6-9,12H2,1-5H3. The van der Waals surface area contributed by atoms with Gasteiger partial charge in [-0.3, -0.25) is 9.59 Å². The number of pyridine rings is 1. The van der Waals surface area contributed by atoms with E-state index in [1.807, 2.05) is 49.7 Å². The van der Waals surface area contributed by atoms with Gasteiger partial charge < -0.3 is 13.9 Å². The minimum absolute atomic E-state index is 0.0109. The van der Waals surface area contributed by atoms with Gasteiger partial charge in [-0.15, -0.1) is 0 Å². The number of carbonyl (C=O) groups is 1. The Bertz CT molecular complexity index is 1660. The van der Waals surface area contributed by atoms with Crippen LogP contribution in [0.3, 0.4) is 0 Å². The molecule has 0 unspecified atom stereocenters. The molecule has 3 aromatic heterocycles. The molecule has 3 heterocycles. The molecule has 4 aromatic rings. The number of esters is 1. The van der Waals surface area contributed by atoms with E-state index in [0.717, 1.165) is 26.4 Å². The molecule has 0 saturated heterocycles. The second kappa shape index (κ2) is 10.1. The fourth-order valence-electron chi connectivity index (χ4n) is 4.48. The van der Waals surface area contributed by atoms with E-state index < -0.39 is 15.6 Å². The molecule has 0 aliphatic carbocycles. The predicted molar refractivity (Wildman–Crippen MR) is 150 cm³/mol. The fourth-order valence-corrected chi connectivity index (χ4v) is 6.04. The molecular formula is C27H32BrN3O5S. The fraction of sp³-hybridized carbons (Fsp3) is 0.407. The molecule has 0 fully saturated rings. The highest BCUT2D eigenvalue weighted by Crippen LogP contribution is 2.36. The van der Waals surface area contributed by atoms with Crippen LogP contribution in [0.1, 0.15) is 47.0 Å². The molecule has 4 rings (SSSR count). The summed E-state index contributed by atoms with van der Waals surface area (Å²) < 4.78 is 36.2. The van der Waals surface area contributed by atoms with Crippen molar-refractivity contribution >= 4 is 53.7 Å². The van der Waals surface area contributed by atoms with E-state index in [1.165, 1.54) is 3.97 Å². The Hall–Kier alpha value is -2.85. The molecule has 0 saturated carbocycles. The van der Waals surface area contributed by atoms with Crippen LogP contribution >= 0.6 is 15.9 Å². The molecule has 0 amide bonds. The molecule has 1 aromatic carbocycles. The lowest BCUT2D eigenvalue weighted by atomic mass is 10.0.